The highest BCUT2D eigenvalue weighted by Crippen LogP contribution is 2.23. The summed E-state index contributed by atoms with van der Waals surface area (Å²) in [7, 11) is 0. The van der Waals surface area contributed by atoms with Gasteiger partial charge in [-0.05, 0) is 41.9 Å². The van der Waals surface area contributed by atoms with Crippen LogP contribution in [0.25, 0.3) is 21.1 Å². The minimum absolute atomic E-state index is 0.140. The van der Waals surface area contributed by atoms with Gasteiger partial charge in [-0.15, -0.1) is 0 Å². The second-order valence-electron chi connectivity index (χ2n) is 4.94. The number of rotatable bonds is 2. The van der Waals surface area contributed by atoms with Crippen molar-refractivity contribution in [2.75, 3.05) is 5.32 Å². The van der Waals surface area contributed by atoms with Gasteiger partial charge in [-0.1, -0.05) is 24.3 Å². The van der Waals surface area contributed by atoms with Gasteiger partial charge in [-0.25, -0.2) is 4.98 Å². The molecule has 2 aromatic carbocycles. The molecule has 0 unspecified atom stereocenters. The number of hydrogen-bond acceptors (Lipinski definition) is 4. The molecule has 5 heteroatoms. The molecule has 0 saturated carbocycles. The molecular formula is C17H11N3OS. The fourth-order valence-electron chi connectivity index (χ4n) is 2.33. The van der Waals surface area contributed by atoms with Gasteiger partial charge in [0, 0.05) is 22.0 Å². The van der Waals surface area contributed by atoms with Gasteiger partial charge < -0.3 is 5.32 Å². The number of pyridine rings is 1. The first-order valence-electron chi connectivity index (χ1n) is 6.81. The van der Waals surface area contributed by atoms with Gasteiger partial charge in [0.2, 0.25) is 0 Å². The normalized spacial score (nSPS) is 10.9. The summed E-state index contributed by atoms with van der Waals surface area (Å²) < 4.78 is 4.14. The zero-order valence-electron chi connectivity index (χ0n) is 11.5. The Morgan fingerprint density at radius 2 is 1.86 bits per heavy atom. The van der Waals surface area contributed by atoms with Crippen molar-refractivity contribution in [3.05, 3.63) is 66.4 Å². The van der Waals surface area contributed by atoms with E-state index in [1.54, 1.807) is 0 Å². The first-order chi connectivity index (χ1) is 10.8. The molecule has 4 aromatic rings. The summed E-state index contributed by atoms with van der Waals surface area (Å²) in [5.74, 6) is -0.140. The van der Waals surface area contributed by atoms with Crippen LogP contribution in [0.4, 0.5) is 5.69 Å². The number of benzene rings is 2. The Morgan fingerprint density at radius 3 is 2.73 bits per heavy atom. The lowest BCUT2D eigenvalue weighted by atomic mass is 10.1. The van der Waals surface area contributed by atoms with Gasteiger partial charge in [-0.3, -0.25) is 4.79 Å². The number of anilines is 1. The van der Waals surface area contributed by atoms with E-state index in [1.165, 1.54) is 11.5 Å². The first kappa shape index (κ1) is 12.9. The van der Waals surface area contributed by atoms with Crippen molar-refractivity contribution >= 4 is 44.2 Å². The first-order valence-corrected chi connectivity index (χ1v) is 7.58. The lowest BCUT2D eigenvalue weighted by Crippen LogP contribution is -2.11. The molecule has 4 nitrogen and oxygen atoms in total. The van der Waals surface area contributed by atoms with Gasteiger partial charge in [0.05, 0.1) is 11.7 Å². The van der Waals surface area contributed by atoms with Crippen LogP contribution in [0.1, 0.15) is 10.4 Å². The maximum atomic E-state index is 12.3. The monoisotopic (exact) mass is 305 g/mol. The van der Waals surface area contributed by atoms with Crippen molar-refractivity contribution in [3.63, 3.8) is 0 Å². The third-order valence-electron chi connectivity index (χ3n) is 3.44. The van der Waals surface area contributed by atoms with E-state index in [0.29, 0.717) is 5.56 Å². The molecule has 0 saturated heterocycles. The quantitative estimate of drug-likeness (QED) is 0.606. The number of nitrogens with zero attached hydrogens (tertiary/aromatic N) is 2. The second kappa shape index (κ2) is 5.20. The molecule has 0 bridgehead atoms. The molecule has 22 heavy (non-hydrogen) atoms. The maximum absolute atomic E-state index is 12.3. The molecule has 0 radical (unpaired) electrons. The van der Waals surface area contributed by atoms with E-state index in [4.69, 9.17) is 0 Å². The lowest BCUT2D eigenvalue weighted by molar-refractivity contribution is 0.102. The van der Waals surface area contributed by atoms with Gasteiger partial charge in [-0.2, -0.15) is 4.37 Å². The number of para-hydroxylation sites is 1. The molecule has 0 aliphatic rings. The van der Waals surface area contributed by atoms with Crippen molar-refractivity contribution in [2.45, 2.75) is 0 Å². The Labute approximate surface area is 130 Å². The van der Waals surface area contributed by atoms with Gasteiger partial charge >= 0.3 is 0 Å². The van der Waals surface area contributed by atoms with Crippen molar-refractivity contribution in [2.24, 2.45) is 0 Å². The zero-order chi connectivity index (χ0) is 14.9. The highest BCUT2D eigenvalue weighted by molar-refractivity contribution is 7.12. The molecule has 4 rings (SSSR count). The van der Waals surface area contributed by atoms with E-state index in [1.807, 2.05) is 60.8 Å². The summed E-state index contributed by atoms with van der Waals surface area (Å²) in [6.45, 7) is 0. The number of hydrogen-bond donors (Lipinski definition) is 1. The van der Waals surface area contributed by atoms with E-state index in [-0.39, 0.29) is 5.91 Å². The van der Waals surface area contributed by atoms with Crippen molar-refractivity contribution in [1.82, 2.24) is 9.36 Å². The molecule has 0 fully saturated rings. The molecule has 2 heterocycles. The Kier molecular flexibility index (Phi) is 3.05. The molecule has 1 N–H and O–H groups in total. The van der Waals surface area contributed by atoms with E-state index in [9.17, 15) is 4.79 Å². The second-order valence-corrected chi connectivity index (χ2v) is 5.72. The van der Waals surface area contributed by atoms with E-state index < -0.39 is 0 Å². The summed E-state index contributed by atoms with van der Waals surface area (Å²) in [6.07, 6.45) is 1.81. The molecule has 106 valence electrons. The minimum Gasteiger partial charge on any atom is -0.322 e. The van der Waals surface area contributed by atoms with E-state index >= 15 is 0 Å². The molecule has 2 aromatic heterocycles. The highest BCUT2D eigenvalue weighted by Gasteiger charge is 2.08. The summed E-state index contributed by atoms with van der Waals surface area (Å²) in [5.41, 5.74) is 2.17. The number of carbonyl (C=O) groups is 1. The molecule has 0 spiro atoms. The van der Waals surface area contributed by atoms with Crippen molar-refractivity contribution in [1.29, 1.82) is 0 Å². The van der Waals surface area contributed by atoms with Crippen LogP contribution in [-0.2, 0) is 0 Å². The van der Waals surface area contributed by atoms with Crippen molar-refractivity contribution < 1.29 is 4.79 Å². The Bertz CT molecular complexity index is 979. The Balaban J connectivity index is 1.72. The number of aromatic nitrogens is 2. The van der Waals surface area contributed by atoms with E-state index in [0.717, 1.165) is 26.8 Å². The van der Waals surface area contributed by atoms with Crippen LogP contribution in [0.5, 0.6) is 0 Å². The fraction of sp³-hybridized carbons (Fsp3) is 0. The smallest absolute Gasteiger partial charge is 0.255 e. The summed E-state index contributed by atoms with van der Waals surface area (Å²) in [5, 5.41) is 4.91. The summed E-state index contributed by atoms with van der Waals surface area (Å²) in [4.78, 5) is 17.8. The summed E-state index contributed by atoms with van der Waals surface area (Å²) in [6, 6.07) is 17.0. The SMILES string of the molecule is O=C(Nc1ccccc1)c1ccc2cc3cnsc3nc2c1. The third kappa shape index (κ3) is 2.31. The largest absolute Gasteiger partial charge is 0.322 e. The predicted octanol–water partition coefficient (Wildman–Crippen LogP) is 4.10. The van der Waals surface area contributed by atoms with E-state index in [2.05, 4.69) is 14.7 Å². The Hall–Kier alpha value is -2.79. The van der Waals surface area contributed by atoms with Crippen LogP contribution in [0.2, 0.25) is 0 Å². The van der Waals surface area contributed by atoms with Gasteiger partial charge in [0.25, 0.3) is 5.91 Å². The van der Waals surface area contributed by atoms with Crippen LogP contribution < -0.4 is 5.32 Å². The van der Waals surface area contributed by atoms with Crippen LogP contribution in [0.3, 0.4) is 0 Å². The number of carbonyl (C=O) groups excluding carboxylic acids is 1. The van der Waals surface area contributed by atoms with Crippen molar-refractivity contribution in [3.8, 4) is 0 Å². The molecule has 0 aliphatic heterocycles. The topological polar surface area (TPSA) is 54.9 Å². The average Bonchev–Trinajstić information content (AvgIpc) is 3.00. The Morgan fingerprint density at radius 1 is 1.00 bits per heavy atom. The lowest BCUT2D eigenvalue weighted by Gasteiger charge is -2.06. The summed E-state index contributed by atoms with van der Waals surface area (Å²) >= 11 is 1.36. The number of amides is 1. The average molecular weight is 305 g/mol. The third-order valence-corrected chi connectivity index (χ3v) is 4.15. The molecule has 0 aliphatic carbocycles. The standard InChI is InChI=1S/C17H11N3OS/c21-16(19-14-4-2-1-3-5-14)12-7-6-11-8-13-10-18-22-17(13)20-15(11)9-12/h1-10H,(H,19,21). The van der Waals surface area contributed by atoms with Gasteiger partial charge in [0.15, 0.2) is 0 Å². The fourth-order valence-corrected chi connectivity index (χ4v) is 2.95. The van der Waals surface area contributed by atoms with Crippen LogP contribution >= 0.6 is 11.5 Å². The minimum atomic E-state index is -0.140. The maximum Gasteiger partial charge on any atom is 0.255 e. The molecule has 1 amide bonds. The highest BCUT2D eigenvalue weighted by atomic mass is 32.1. The zero-order valence-corrected chi connectivity index (χ0v) is 12.3. The van der Waals surface area contributed by atoms with Gasteiger partial charge in [0.1, 0.15) is 4.83 Å². The number of nitrogens with one attached hydrogen (secondary N) is 1. The van der Waals surface area contributed by atoms with Crippen LogP contribution in [-0.4, -0.2) is 15.3 Å². The molecular weight excluding hydrogens is 294 g/mol. The predicted molar refractivity (Wildman–Crippen MR) is 89.3 cm³/mol. The molecule has 0 atom stereocenters. The van der Waals surface area contributed by atoms with Crippen LogP contribution in [0.15, 0.2) is 60.8 Å². The van der Waals surface area contributed by atoms with Crippen LogP contribution in [0, 0.1) is 0 Å². The number of fused-ring (bicyclic) bond motifs is 2.